The van der Waals surface area contributed by atoms with Gasteiger partial charge in [-0.1, -0.05) is 135 Å². The number of unbranched alkanes of at least 4 members (excludes halogenated alkanes) is 20. The summed E-state index contributed by atoms with van der Waals surface area (Å²) in [5, 5.41) is 0. The highest BCUT2D eigenvalue weighted by atomic mass is 16.7. The molecule has 0 spiro atoms. The van der Waals surface area contributed by atoms with E-state index in [1.54, 1.807) is 0 Å². The van der Waals surface area contributed by atoms with Crippen LogP contribution < -0.4 is 0 Å². The first-order valence-electron chi connectivity index (χ1n) is 14.1. The molecule has 0 heterocycles. The molecule has 0 aromatic heterocycles. The minimum atomic E-state index is -0.164. The minimum Gasteiger partial charge on any atom is -0.350 e. The number of hydrogen-bond donors (Lipinski definition) is 0. The zero-order chi connectivity index (χ0) is 21.6. The summed E-state index contributed by atoms with van der Waals surface area (Å²) >= 11 is 0. The first kappa shape index (κ1) is 28.0. The lowest BCUT2D eigenvalue weighted by Crippen LogP contribution is -2.19. The van der Waals surface area contributed by atoms with Crippen LogP contribution in [-0.4, -0.2) is 19.0 Å². The van der Waals surface area contributed by atoms with Crippen LogP contribution in [0.3, 0.4) is 0 Å². The van der Waals surface area contributed by atoms with E-state index in [-0.39, 0.29) is 5.79 Å². The van der Waals surface area contributed by atoms with Crippen molar-refractivity contribution >= 4 is 0 Å². The van der Waals surface area contributed by atoms with Crippen molar-refractivity contribution < 1.29 is 9.47 Å². The predicted octanol–water partition coefficient (Wildman–Crippen LogP) is 9.74. The van der Waals surface area contributed by atoms with E-state index in [9.17, 15) is 0 Å². The Kier molecular flexibility index (Phi) is 19.4. The SMILES string of the molecule is CCCCCCCCCCCCCCCCCCCCCCCOC1(OCC)CC1. The second kappa shape index (κ2) is 20.8. The average molecular weight is 425 g/mol. The normalized spacial score (nSPS) is 15.0. The number of rotatable bonds is 25. The van der Waals surface area contributed by atoms with Gasteiger partial charge in [0.15, 0.2) is 5.79 Å². The summed E-state index contributed by atoms with van der Waals surface area (Å²) in [5.41, 5.74) is 0. The molecule has 1 fully saturated rings. The standard InChI is InChI=1S/C28H56O2/c1-3-5-6-7-8-9-10-11-12-13-14-15-16-17-18-19-20-21-22-23-24-27-30-28(25-26-28)29-4-2/h3-27H2,1-2H3. The molecule has 0 bridgehead atoms. The summed E-state index contributed by atoms with van der Waals surface area (Å²) in [6.45, 7) is 6.02. The van der Waals surface area contributed by atoms with Crippen LogP contribution in [-0.2, 0) is 9.47 Å². The van der Waals surface area contributed by atoms with Crippen molar-refractivity contribution in [3.8, 4) is 0 Å². The van der Waals surface area contributed by atoms with Crippen molar-refractivity contribution in [2.75, 3.05) is 13.2 Å². The maximum atomic E-state index is 5.90. The van der Waals surface area contributed by atoms with E-state index in [0.717, 1.165) is 26.1 Å². The Balaban J connectivity index is 1.64. The molecule has 0 aliphatic heterocycles. The maximum absolute atomic E-state index is 5.90. The molecular weight excluding hydrogens is 368 g/mol. The summed E-state index contributed by atoms with van der Waals surface area (Å²) in [6, 6.07) is 0. The zero-order valence-corrected chi connectivity index (χ0v) is 21.0. The Morgan fingerprint density at radius 2 is 0.767 bits per heavy atom. The first-order valence-corrected chi connectivity index (χ1v) is 14.1. The molecule has 0 aromatic rings. The van der Waals surface area contributed by atoms with Crippen LogP contribution in [0.1, 0.15) is 162 Å². The molecule has 1 aliphatic carbocycles. The van der Waals surface area contributed by atoms with Crippen molar-refractivity contribution in [2.24, 2.45) is 0 Å². The van der Waals surface area contributed by atoms with E-state index in [2.05, 4.69) is 13.8 Å². The van der Waals surface area contributed by atoms with Gasteiger partial charge in [0.25, 0.3) is 0 Å². The van der Waals surface area contributed by atoms with E-state index >= 15 is 0 Å². The molecule has 0 atom stereocenters. The predicted molar refractivity (Wildman–Crippen MR) is 132 cm³/mol. The van der Waals surface area contributed by atoms with Gasteiger partial charge in [-0.15, -0.1) is 0 Å². The number of ether oxygens (including phenoxy) is 2. The van der Waals surface area contributed by atoms with Gasteiger partial charge in [0.2, 0.25) is 0 Å². The van der Waals surface area contributed by atoms with Gasteiger partial charge in [-0.25, -0.2) is 0 Å². The van der Waals surface area contributed by atoms with E-state index in [1.807, 2.05) is 0 Å². The summed E-state index contributed by atoms with van der Waals surface area (Å²) in [5.74, 6) is -0.164. The Hall–Kier alpha value is -0.0800. The van der Waals surface area contributed by atoms with Crippen LogP contribution >= 0.6 is 0 Å². The van der Waals surface area contributed by atoms with Crippen molar-refractivity contribution in [3.05, 3.63) is 0 Å². The third-order valence-electron chi connectivity index (χ3n) is 6.68. The van der Waals surface area contributed by atoms with Gasteiger partial charge in [0.1, 0.15) is 0 Å². The molecule has 0 radical (unpaired) electrons. The van der Waals surface area contributed by atoms with E-state index in [0.29, 0.717) is 0 Å². The molecular formula is C28H56O2. The Labute approximate surface area is 190 Å². The molecule has 0 amide bonds. The largest absolute Gasteiger partial charge is 0.350 e. The monoisotopic (exact) mass is 424 g/mol. The molecule has 30 heavy (non-hydrogen) atoms. The van der Waals surface area contributed by atoms with E-state index < -0.39 is 0 Å². The lowest BCUT2D eigenvalue weighted by atomic mass is 10.0. The smallest absolute Gasteiger partial charge is 0.168 e. The van der Waals surface area contributed by atoms with Crippen LogP contribution in [0, 0.1) is 0 Å². The van der Waals surface area contributed by atoms with Crippen molar-refractivity contribution in [1.29, 1.82) is 0 Å². The van der Waals surface area contributed by atoms with Crippen LogP contribution in [0.5, 0.6) is 0 Å². The molecule has 2 heteroatoms. The van der Waals surface area contributed by atoms with Gasteiger partial charge < -0.3 is 9.47 Å². The van der Waals surface area contributed by atoms with E-state index in [4.69, 9.17) is 9.47 Å². The fourth-order valence-corrected chi connectivity index (χ4v) is 4.49. The van der Waals surface area contributed by atoms with Gasteiger partial charge >= 0.3 is 0 Å². The zero-order valence-electron chi connectivity index (χ0n) is 21.0. The van der Waals surface area contributed by atoms with Gasteiger partial charge in [0.05, 0.1) is 6.61 Å². The second-order valence-corrected chi connectivity index (χ2v) is 9.76. The average Bonchev–Trinajstić information content (AvgIpc) is 3.51. The Morgan fingerprint density at radius 1 is 0.433 bits per heavy atom. The summed E-state index contributed by atoms with van der Waals surface area (Å²) in [7, 11) is 0. The highest BCUT2D eigenvalue weighted by Crippen LogP contribution is 2.40. The van der Waals surface area contributed by atoms with Crippen molar-refractivity contribution in [1.82, 2.24) is 0 Å². The molecule has 1 aliphatic rings. The summed E-state index contributed by atoms with van der Waals surface area (Å²) in [4.78, 5) is 0. The molecule has 180 valence electrons. The highest BCUT2D eigenvalue weighted by molar-refractivity contribution is 4.85. The van der Waals surface area contributed by atoms with Gasteiger partial charge in [-0.2, -0.15) is 0 Å². The lowest BCUT2D eigenvalue weighted by Gasteiger charge is -2.16. The second-order valence-electron chi connectivity index (χ2n) is 9.76. The van der Waals surface area contributed by atoms with Gasteiger partial charge in [-0.05, 0) is 13.3 Å². The van der Waals surface area contributed by atoms with Crippen LogP contribution in [0.15, 0.2) is 0 Å². The molecule has 2 nitrogen and oxygen atoms in total. The summed E-state index contributed by atoms with van der Waals surface area (Å²) in [6.07, 6.45) is 32.3. The van der Waals surface area contributed by atoms with Gasteiger partial charge in [0, 0.05) is 19.4 Å². The Bertz CT molecular complexity index is 338. The van der Waals surface area contributed by atoms with Crippen LogP contribution in [0.25, 0.3) is 0 Å². The van der Waals surface area contributed by atoms with Crippen molar-refractivity contribution in [3.63, 3.8) is 0 Å². The van der Waals surface area contributed by atoms with Crippen LogP contribution in [0.2, 0.25) is 0 Å². The molecule has 0 aromatic carbocycles. The summed E-state index contributed by atoms with van der Waals surface area (Å²) < 4.78 is 11.6. The maximum Gasteiger partial charge on any atom is 0.168 e. The first-order chi connectivity index (χ1) is 14.8. The van der Waals surface area contributed by atoms with Crippen molar-refractivity contribution in [2.45, 2.75) is 167 Å². The number of hydrogen-bond acceptors (Lipinski definition) is 2. The molecule has 0 unspecified atom stereocenters. The third-order valence-corrected chi connectivity index (χ3v) is 6.68. The Morgan fingerprint density at radius 3 is 1.07 bits per heavy atom. The van der Waals surface area contributed by atoms with E-state index in [1.165, 1.54) is 135 Å². The fourth-order valence-electron chi connectivity index (χ4n) is 4.49. The highest BCUT2D eigenvalue weighted by Gasteiger charge is 2.44. The molecule has 0 saturated heterocycles. The topological polar surface area (TPSA) is 18.5 Å². The van der Waals surface area contributed by atoms with Gasteiger partial charge in [-0.3, -0.25) is 0 Å². The lowest BCUT2D eigenvalue weighted by molar-refractivity contribution is -0.164. The molecule has 1 rings (SSSR count). The van der Waals surface area contributed by atoms with Crippen LogP contribution in [0.4, 0.5) is 0 Å². The minimum absolute atomic E-state index is 0.164. The molecule has 0 N–H and O–H groups in total. The fraction of sp³-hybridized carbons (Fsp3) is 1.00. The third kappa shape index (κ3) is 17.6. The quantitative estimate of drug-likeness (QED) is 0.107. The molecule has 1 saturated carbocycles.